The highest BCUT2D eigenvalue weighted by Gasteiger charge is 2.30. The molecular formula is C23H28N4O3. The fraction of sp³-hybridized carbons (Fsp3) is 0.478. The number of fused-ring (bicyclic) bond motifs is 1. The predicted molar refractivity (Wildman–Crippen MR) is 113 cm³/mol. The lowest BCUT2D eigenvalue weighted by atomic mass is 10.0. The van der Waals surface area contributed by atoms with Crippen LogP contribution in [-0.4, -0.2) is 77.7 Å². The van der Waals surface area contributed by atoms with Crippen LogP contribution in [0.4, 0.5) is 0 Å². The van der Waals surface area contributed by atoms with Crippen molar-refractivity contribution in [1.29, 1.82) is 0 Å². The number of carbonyl (C=O) groups excluding carboxylic acids is 1. The molecule has 0 spiro atoms. The number of ether oxygens (including phenoxy) is 2. The molecule has 2 fully saturated rings. The molecule has 2 saturated heterocycles. The van der Waals surface area contributed by atoms with Gasteiger partial charge in [-0.3, -0.25) is 19.6 Å². The van der Waals surface area contributed by atoms with E-state index in [1.165, 1.54) is 12.0 Å². The summed E-state index contributed by atoms with van der Waals surface area (Å²) in [6, 6.07) is 10.4. The molecule has 7 heteroatoms. The number of nitrogens with zero attached hydrogens (tertiary/aromatic N) is 4. The summed E-state index contributed by atoms with van der Waals surface area (Å²) in [7, 11) is 0. The van der Waals surface area contributed by atoms with Crippen LogP contribution in [-0.2, 0) is 6.54 Å². The summed E-state index contributed by atoms with van der Waals surface area (Å²) in [5.41, 5.74) is 1.95. The fourth-order valence-corrected chi connectivity index (χ4v) is 4.69. The molecule has 2 aromatic rings. The molecule has 158 valence electrons. The van der Waals surface area contributed by atoms with Crippen molar-refractivity contribution in [2.45, 2.75) is 25.4 Å². The van der Waals surface area contributed by atoms with Gasteiger partial charge in [-0.05, 0) is 42.7 Å². The number of aromatic nitrogens is 1. The number of pyridine rings is 1. The largest absolute Gasteiger partial charge is 0.454 e. The number of likely N-dealkylation sites (tertiary alicyclic amines) is 1. The molecule has 1 aromatic carbocycles. The number of carbonyl (C=O) groups is 1. The number of hydrogen-bond donors (Lipinski definition) is 0. The molecule has 1 aromatic heterocycles. The lowest BCUT2D eigenvalue weighted by Gasteiger charge is -2.43. The van der Waals surface area contributed by atoms with Gasteiger partial charge in [0.15, 0.2) is 11.5 Å². The zero-order valence-corrected chi connectivity index (χ0v) is 17.2. The molecule has 0 N–H and O–H groups in total. The van der Waals surface area contributed by atoms with Crippen molar-refractivity contribution in [3.63, 3.8) is 0 Å². The van der Waals surface area contributed by atoms with Gasteiger partial charge in [-0.25, -0.2) is 0 Å². The van der Waals surface area contributed by atoms with Gasteiger partial charge in [0, 0.05) is 64.2 Å². The van der Waals surface area contributed by atoms with E-state index in [1.807, 2.05) is 23.1 Å². The minimum absolute atomic E-state index is 0.106. The van der Waals surface area contributed by atoms with Gasteiger partial charge in [0.2, 0.25) is 6.79 Å². The standard InChI is InChI=1S/C23H28N4O3/c28-23(19-3-1-7-24-14-19)27-8-2-4-20(16-27)26-11-9-25(10-12-26)15-18-5-6-21-22(13-18)30-17-29-21/h1,3,5-7,13-14,20H,2,4,8-12,15-17H2/t20-/m0/s1. The molecule has 0 unspecified atom stereocenters. The van der Waals surface area contributed by atoms with Crippen molar-refractivity contribution in [2.75, 3.05) is 46.1 Å². The van der Waals surface area contributed by atoms with Crippen LogP contribution in [0.5, 0.6) is 11.5 Å². The highest BCUT2D eigenvalue weighted by atomic mass is 16.7. The van der Waals surface area contributed by atoms with E-state index >= 15 is 0 Å². The molecule has 3 aliphatic rings. The summed E-state index contributed by atoms with van der Waals surface area (Å²) in [6.07, 6.45) is 5.60. The molecule has 1 atom stereocenters. The number of hydrogen-bond acceptors (Lipinski definition) is 6. The normalized spacial score (nSPS) is 22.3. The minimum Gasteiger partial charge on any atom is -0.454 e. The van der Waals surface area contributed by atoms with Crippen LogP contribution >= 0.6 is 0 Å². The number of piperidine rings is 1. The van der Waals surface area contributed by atoms with Crippen molar-refractivity contribution >= 4 is 5.91 Å². The van der Waals surface area contributed by atoms with Gasteiger partial charge in [0.05, 0.1) is 5.56 Å². The summed E-state index contributed by atoms with van der Waals surface area (Å²) >= 11 is 0. The molecule has 0 bridgehead atoms. The first kappa shape index (κ1) is 19.3. The van der Waals surface area contributed by atoms with Crippen LogP contribution in [0.25, 0.3) is 0 Å². The Balaban J connectivity index is 1.14. The van der Waals surface area contributed by atoms with E-state index in [2.05, 4.69) is 26.9 Å². The summed E-state index contributed by atoms with van der Waals surface area (Å²) in [4.78, 5) is 24.0. The Bertz CT molecular complexity index is 883. The van der Waals surface area contributed by atoms with E-state index in [4.69, 9.17) is 9.47 Å². The molecule has 30 heavy (non-hydrogen) atoms. The molecule has 0 saturated carbocycles. The Hall–Kier alpha value is -2.64. The van der Waals surface area contributed by atoms with E-state index in [0.717, 1.165) is 63.7 Å². The number of benzene rings is 1. The molecule has 0 aliphatic carbocycles. The van der Waals surface area contributed by atoms with Crippen molar-refractivity contribution < 1.29 is 14.3 Å². The Morgan fingerprint density at radius 3 is 2.77 bits per heavy atom. The lowest BCUT2D eigenvalue weighted by Crippen LogP contribution is -2.55. The highest BCUT2D eigenvalue weighted by Crippen LogP contribution is 2.33. The SMILES string of the molecule is O=C(c1cccnc1)N1CCC[C@H](N2CCN(Cc3ccc4c(c3)OCO4)CC2)C1. The van der Waals surface area contributed by atoms with Gasteiger partial charge < -0.3 is 14.4 Å². The maximum atomic E-state index is 12.8. The summed E-state index contributed by atoms with van der Waals surface area (Å²) in [5, 5.41) is 0. The lowest BCUT2D eigenvalue weighted by molar-refractivity contribution is 0.0407. The first-order chi connectivity index (χ1) is 14.8. The van der Waals surface area contributed by atoms with Gasteiger partial charge in [-0.1, -0.05) is 6.07 Å². The Morgan fingerprint density at radius 1 is 1.07 bits per heavy atom. The smallest absolute Gasteiger partial charge is 0.255 e. The molecule has 4 heterocycles. The maximum Gasteiger partial charge on any atom is 0.255 e. The summed E-state index contributed by atoms with van der Waals surface area (Å²) < 4.78 is 10.9. The topological polar surface area (TPSA) is 58.1 Å². The second kappa shape index (κ2) is 8.62. The van der Waals surface area contributed by atoms with Crippen LogP contribution in [0.2, 0.25) is 0 Å². The first-order valence-electron chi connectivity index (χ1n) is 10.8. The zero-order chi connectivity index (χ0) is 20.3. The zero-order valence-electron chi connectivity index (χ0n) is 17.2. The molecule has 7 nitrogen and oxygen atoms in total. The van der Waals surface area contributed by atoms with E-state index in [0.29, 0.717) is 18.4 Å². The quantitative estimate of drug-likeness (QED) is 0.773. The molecule has 0 radical (unpaired) electrons. The van der Waals surface area contributed by atoms with Crippen LogP contribution < -0.4 is 9.47 Å². The minimum atomic E-state index is 0.106. The van der Waals surface area contributed by atoms with E-state index in [9.17, 15) is 4.79 Å². The Morgan fingerprint density at radius 2 is 1.93 bits per heavy atom. The van der Waals surface area contributed by atoms with E-state index < -0.39 is 0 Å². The third-order valence-corrected chi connectivity index (χ3v) is 6.36. The Labute approximate surface area is 177 Å². The van der Waals surface area contributed by atoms with Gasteiger partial charge in [0.1, 0.15) is 0 Å². The number of piperazine rings is 1. The average Bonchev–Trinajstić information content (AvgIpc) is 3.28. The van der Waals surface area contributed by atoms with Crippen LogP contribution in [0.15, 0.2) is 42.7 Å². The van der Waals surface area contributed by atoms with Crippen molar-refractivity contribution in [3.8, 4) is 11.5 Å². The van der Waals surface area contributed by atoms with Crippen LogP contribution in [0, 0.1) is 0 Å². The average molecular weight is 409 g/mol. The van der Waals surface area contributed by atoms with Crippen molar-refractivity contribution in [1.82, 2.24) is 19.7 Å². The van der Waals surface area contributed by atoms with Gasteiger partial charge >= 0.3 is 0 Å². The van der Waals surface area contributed by atoms with E-state index in [1.54, 1.807) is 12.4 Å². The summed E-state index contributed by atoms with van der Waals surface area (Å²) in [5.74, 6) is 1.80. The maximum absolute atomic E-state index is 12.8. The van der Waals surface area contributed by atoms with Crippen LogP contribution in [0.1, 0.15) is 28.8 Å². The summed E-state index contributed by atoms with van der Waals surface area (Å²) in [6.45, 7) is 7.08. The van der Waals surface area contributed by atoms with Crippen molar-refractivity contribution in [2.24, 2.45) is 0 Å². The highest BCUT2D eigenvalue weighted by molar-refractivity contribution is 5.93. The van der Waals surface area contributed by atoms with Gasteiger partial charge in [-0.15, -0.1) is 0 Å². The van der Waals surface area contributed by atoms with Crippen LogP contribution in [0.3, 0.4) is 0 Å². The van der Waals surface area contributed by atoms with Gasteiger partial charge in [0.25, 0.3) is 5.91 Å². The molecule has 3 aliphatic heterocycles. The molecular weight excluding hydrogens is 380 g/mol. The number of rotatable bonds is 4. The third-order valence-electron chi connectivity index (χ3n) is 6.36. The molecule has 1 amide bonds. The third kappa shape index (κ3) is 4.13. The second-order valence-electron chi connectivity index (χ2n) is 8.29. The fourth-order valence-electron chi connectivity index (χ4n) is 4.69. The first-order valence-corrected chi connectivity index (χ1v) is 10.8. The monoisotopic (exact) mass is 408 g/mol. The Kier molecular flexibility index (Phi) is 5.55. The van der Waals surface area contributed by atoms with Gasteiger partial charge in [-0.2, -0.15) is 0 Å². The van der Waals surface area contributed by atoms with Crippen molar-refractivity contribution in [3.05, 3.63) is 53.9 Å². The number of amides is 1. The second-order valence-corrected chi connectivity index (χ2v) is 8.29. The predicted octanol–water partition coefficient (Wildman–Crippen LogP) is 2.23. The van der Waals surface area contributed by atoms with E-state index in [-0.39, 0.29) is 5.91 Å². The molecule has 5 rings (SSSR count).